The lowest BCUT2D eigenvalue weighted by molar-refractivity contribution is 0.623. The van der Waals surface area contributed by atoms with Crippen molar-refractivity contribution in [2.75, 3.05) is 5.32 Å². The summed E-state index contributed by atoms with van der Waals surface area (Å²) in [6.45, 7) is 3.90. The van der Waals surface area contributed by atoms with Crippen LogP contribution in [0.1, 0.15) is 24.2 Å². The lowest BCUT2D eigenvalue weighted by Gasteiger charge is -2.13. The summed E-state index contributed by atoms with van der Waals surface area (Å²) in [5, 5.41) is 3.17. The molecule has 0 aliphatic heterocycles. The van der Waals surface area contributed by atoms with Crippen LogP contribution in [0.25, 0.3) is 0 Å². The average molecular weight is 219 g/mol. The van der Waals surface area contributed by atoms with Crippen molar-refractivity contribution in [1.82, 2.24) is 9.97 Å². The molecule has 0 fully saturated rings. The van der Waals surface area contributed by atoms with E-state index in [0.29, 0.717) is 5.95 Å². The predicted molar refractivity (Wildman–Crippen MR) is 61.8 cm³/mol. The third kappa shape index (κ3) is 2.39. The summed E-state index contributed by atoms with van der Waals surface area (Å²) in [6.07, 6.45) is 1.75. The van der Waals surface area contributed by atoms with Crippen LogP contribution < -0.4 is 5.32 Å². The highest BCUT2D eigenvalue weighted by Gasteiger charge is 2.07. The Morgan fingerprint density at radius 2 is 2.25 bits per heavy atom. The molecule has 1 atom stereocenters. The number of aryl methyl sites for hydroxylation is 1. The number of H-pyrrole nitrogens is 1. The Balaban J connectivity index is 2.11. The van der Waals surface area contributed by atoms with Gasteiger partial charge in [0.05, 0.1) is 6.04 Å². The molecule has 0 aliphatic rings. The van der Waals surface area contributed by atoms with Crippen molar-refractivity contribution in [2.45, 2.75) is 19.9 Å². The van der Waals surface area contributed by atoms with Gasteiger partial charge in [-0.3, -0.25) is 0 Å². The highest BCUT2D eigenvalue weighted by Crippen LogP contribution is 2.17. The van der Waals surface area contributed by atoms with E-state index in [1.165, 1.54) is 12.1 Å². The van der Waals surface area contributed by atoms with Crippen LogP contribution in [-0.4, -0.2) is 9.97 Å². The van der Waals surface area contributed by atoms with E-state index in [9.17, 15) is 4.39 Å². The fraction of sp³-hybridized carbons (Fsp3) is 0.250. The van der Waals surface area contributed by atoms with Gasteiger partial charge in [0.15, 0.2) is 0 Å². The number of benzene rings is 1. The average Bonchev–Trinajstić information content (AvgIpc) is 2.64. The number of hydrogen-bond donors (Lipinski definition) is 2. The van der Waals surface area contributed by atoms with E-state index < -0.39 is 0 Å². The van der Waals surface area contributed by atoms with Gasteiger partial charge in [-0.1, -0.05) is 12.1 Å². The van der Waals surface area contributed by atoms with Crippen molar-refractivity contribution in [3.8, 4) is 0 Å². The molecule has 1 aromatic carbocycles. The lowest BCUT2D eigenvalue weighted by atomic mass is 10.1. The van der Waals surface area contributed by atoms with E-state index in [0.717, 1.165) is 11.3 Å². The van der Waals surface area contributed by atoms with Crippen LogP contribution in [-0.2, 0) is 0 Å². The zero-order valence-corrected chi connectivity index (χ0v) is 9.29. The molecule has 2 rings (SSSR count). The molecular formula is C12H14FN3. The molecule has 84 valence electrons. The predicted octanol–water partition coefficient (Wildman–Crippen LogP) is 3.03. The minimum absolute atomic E-state index is 0.0150. The highest BCUT2D eigenvalue weighted by molar-refractivity contribution is 5.32. The first-order valence-corrected chi connectivity index (χ1v) is 5.19. The first-order chi connectivity index (χ1) is 7.65. The Labute approximate surface area is 93.7 Å². The quantitative estimate of drug-likeness (QED) is 0.833. The van der Waals surface area contributed by atoms with Gasteiger partial charge in [0.25, 0.3) is 0 Å². The molecule has 2 aromatic rings. The Kier molecular flexibility index (Phi) is 2.90. The molecule has 0 spiro atoms. The molecule has 1 heterocycles. The zero-order chi connectivity index (χ0) is 11.5. The van der Waals surface area contributed by atoms with Gasteiger partial charge < -0.3 is 10.3 Å². The number of rotatable bonds is 3. The number of nitrogens with zero attached hydrogens (tertiary/aromatic N) is 1. The summed E-state index contributed by atoms with van der Waals surface area (Å²) in [4.78, 5) is 7.22. The molecule has 0 bridgehead atoms. The molecule has 0 saturated carbocycles. The van der Waals surface area contributed by atoms with Gasteiger partial charge in [-0.2, -0.15) is 0 Å². The van der Waals surface area contributed by atoms with Crippen LogP contribution in [0.3, 0.4) is 0 Å². The smallest absolute Gasteiger partial charge is 0.200 e. The maximum atomic E-state index is 13.0. The molecule has 2 N–H and O–H groups in total. The summed E-state index contributed by atoms with van der Waals surface area (Å²) < 4.78 is 13.0. The first kappa shape index (κ1) is 10.7. The number of aromatic amines is 1. The van der Waals surface area contributed by atoms with E-state index in [1.54, 1.807) is 12.3 Å². The van der Waals surface area contributed by atoms with Crippen molar-refractivity contribution in [3.05, 3.63) is 47.5 Å². The topological polar surface area (TPSA) is 40.7 Å². The number of imidazole rings is 1. The van der Waals surface area contributed by atoms with Crippen LogP contribution >= 0.6 is 0 Å². The van der Waals surface area contributed by atoms with Crippen LogP contribution in [0, 0.1) is 12.7 Å². The van der Waals surface area contributed by atoms with Crippen molar-refractivity contribution < 1.29 is 4.39 Å². The fourth-order valence-electron chi connectivity index (χ4n) is 1.55. The minimum atomic E-state index is -0.221. The SMILES string of the molecule is Cc1cnc(NC(C)c2cccc(F)c2)[nH]1. The molecule has 1 unspecified atom stereocenters. The van der Waals surface area contributed by atoms with E-state index in [-0.39, 0.29) is 11.9 Å². The molecule has 16 heavy (non-hydrogen) atoms. The van der Waals surface area contributed by atoms with Gasteiger partial charge in [-0.05, 0) is 31.5 Å². The van der Waals surface area contributed by atoms with Gasteiger partial charge in [-0.15, -0.1) is 0 Å². The third-order valence-corrected chi connectivity index (χ3v) is 2.40. The van der Waals surface area contributed by atoms with E-state index >= 15 is 0 Å². The normalized spacial score (nSPS) is 12.4. The summed E-state index contributed by atoms with van der Waals surface area (Å²) >= 11 is 0. The Hall–Kier alpha value is -1.84. The summed E-state index contributed by atoms with van der Waals surface area (Å²) in [5.74, 6) is 0.482. The van der Waals surface area contributed by atoms with E-state index in [1.807, 2.05) is 19.9 Å². The maximum absolute atomic E-state index is 13.0. The molecule has 0 radical (unpaired) electrons. The summed E-state index contributed by atoms with van der Waals surface area (Å²) in [7, 11) is 0. The molecule has 4 heteroatoms. The zero-order valence-electron chi connectivity index (χ0n) is 9.29. The van der Waals surface area contributed by atoms with Gasteiger partial charge >= 0.3 is 0 Å². The number of hydrogen-bond acceptors (Lipinski definition) is 2. The molecule has 0 saturated heterocycles. The molecule has 0 aliphatic carbocycles. The second-order valence-corrected chi connectivity index (χ2v) is 3.84. The monoisotopic (exact) mass is 219 g/mol. The van der Waals surface area contributed by atoms with Gasteiger partial charge in [-0.25, -0.2) is 9.37 Å². The van der Waals surface area contributed by atoms with E-state index in [2.05, 4.69) is 15.3 Å². The molecule has 3 nitrogen and oxygen atoms in total. The van der Waals surface area contributed by atoms with Crippen LogP contribution in [0.4, 0.5) is 10.3 Å². The Morgan fingerprint density at radius 1 is 1.44 bits per heavy atom. The van der Waals surface area contributed by atoms with Gasteiger partial charge in [0, 0.05) is 11.9 Å². The first-order valence-electron chi connectivity index (χ1n) is 5.19. The molecular weight excluding hydrogens is 205 g/mol. The highest BCUT2D eigenvalue weighted by atomic mass is 19.1. The van der Waals surface area contributed by atoms with Gasteiger partial charge in [0.1, 0.15) is 5.82 Å². The Morgan fingerprint density at radius 3 is 2.88 bits per heavy atom. The van der Waals surface area contributed by atoms with Gasteiger partial charge in [0.2, 0.25) is 5.95 Å². The number of aromatic nitrogens is 2. The summed E-state index contributed by atoms with van der Waals surface area (Å²) in [6, 6.07) is 6.56. The van der Waals surface area contributed by atoms with Crippen LogP contribution in [0.5, 0.6) is 0 Å². The van der Waals surface area contributed by atoms with Crippen molar-refractivity contribution in [3.63, 3.8) is 0 Å². The molecule has 0 amide bonds. The van der Waals surface area contributed by atoms with Crippen LogP contribution in [0.15, 0.2) is 30.5 Å². The largest absolute Gasteiger partial charge is 0.349 e. The number of nitrogens with one attached hydrogen (secondary N) is 2. The fourth-order valence-corrected chi connectivity index (χ4v) is 1.55. The maximum Gasteiger partial charge on any atom is 0.200 e. The van der Waals surface area contributed by atoms with Crippen molar-refractivity contribution in [1.29, 1.82) is 0 Å². The number of anilines is 1. The number of halogens is 1. The Bertz CT molecular complexity index is 479. The lowest BCUT2D eigenvalue weighted by Crippen LogP contribution is -2.07. The minimum Gasteiger partial charge on any atom is -0.349 e. The van der Waals surface area contributed by atoms with E-state index in [4.69, 9.17) is 0 Å². The van der Waals surface area contributed by atoms with Crippen molar-refractivity contribution >= 4 is 5.95 Å². The standard InChI is InChI=1S/C12H14FN3/c1-8-7-14-12(15-8)16-9(2)10-4-3-5-11(13)6-10/h3-7,9H,1-2H3,(H2,14,15,16). The second-order valence-electron chi connectivity index (χ2n) is 3.84. The summed E-state index contributed by atoms with van der Waals surface area (Å²) in [5.41, 5.74) is 1.89. The van der Waals surface area contributed by atoms with Crippen LogP contribution in [0.2, 0.25) is 0 Å². The van der Waals surface area contributed by atoms with Crippen molar-refractivity contribution in [2.24, 2.45) is 0 Å². The third-order valence-electron chi connectivity index (χ3n) is 2.40. The second kappa shape index (κ2) is 4.35. The molecule has 1 aromatic heterocycles.